The van der Waals surface area contributed by atoms with Crippen LogP contribution in [0.25, 0.3) is 0 Å². The van der Waals surface area contributed by atoms with Crippen LogP contribution in [0.5, 0.6) is 0 Å². The van der Waals surface area contributed by atoms with Crippen molar-refractivity contribution < 1.29 is 8.42 Å². The highest BCUT2D eigenvalue weighted by Crippen LogP contribution is 2.22. The Hall–Kier alpha value is -1.07. The van der Waals surface area contributed by atoms with E-state index >= 15 is 0 Å². The Bertz CT molecular complexity index is 505. The van der Waals surface area contributed by atoms with Crippen molar-refractivity contribution in [2.75, 3.05) is 18.8 Å². The first-order chi connectivity index (χ1) is 8.49. The van der Waals surface area contributed by atoms with Gasteiger partial charge in [-0.2, -0.15) is 0 Å². The van der Waals surface area contributed by atoms with E-state index in [1.807, 2.05) is 12.1 Å². The van der Waals surface area contributed by atoms with Gasteiger partial charge in [-0.1, -0.05) is 25.1 Å². The third kappa shape index (κ3) is 3.03. The van der Waals surface area contributed by atoms with Crippen molar-refractivity contribution in [3.8, 4) is 0 Å². The number of hydrogen-bond acceptors (Lipinski definition) is 3. The normalized spacial score (nSPS) is 18.9. The van der Waals surface area contributed by atoms with Crippen LogP contribution in [0, 0.1) is 5.92 Å². The first-order valence-electron chi connectivity index (χ1n) is 6.30. The molecule has 4 nitrogen and oxygen atoms in total. The highest BCUT2D eigenvalue weighted by atomic mass is 32.2. The van der Waals surface area contributed by atoms with Crippen LogP contribution in [0.2, 0.25) is 0 Å². The van der Waals surface area contributed by atoms with Crippen molar-refractivity contribution in [3.05, 3.63) is 29.8 Å². The Morgan fingerprint density at radius 1 is 1.28 bits per heavy atom. The van der Waals surface area contributed by atoms with E-state index < -0.39 is 10.0 Å². The Morgan fingerprint density at radius 3 is 2.50 bits per heavy atom. The molecule has 0 spiro atoms. The van der Waals surface area contributed by atoms with Crippen LogP contribution >= 0.6 is 0 Å². The summed E-state index contributed by atoms with van der Waals surface area (Å²) in [5.41, 5.74) is 7.03. The monoisotopic (exact) mass is 268 g/mol. The van der Waals surface area contributed by atoms with E-state index in [1.54, 1.807) is 16.4 Å². The molecule has 5 heteroatoms. The van der Waals surface area contributed by atoms with E-state index in [0.29, 0.717) is 30.3 Å². The van der Waals surface area contributed by atoms with Gasteiger partial charge >= 0.3 is 0 Å². The van der Waals surface area contributed by atoms with Gasteiger partial charge in [0, 0.05) is 18.8 Å². The van der Waals surface area contributed by atoms with Crippen LogP contribution in [0.1, 0.15) is 25.3 Å². The number of nitrogens with two attached hydrogens (primary N) is 1. The summed E-state index contributed by atoms with van der Waals surface area (Å²) in [5, 5.41) is 0. The molecule has 1 aromatic carbocycles. The molecule has 1 aromatic rings. The number of nitrogens with zero attached hydrogens (tertiary/aromatic N) is 1. The molecule has 1 aliphatic heterocycles. The first-order valence-corrected chi connectivity index (χ1v) is 7.91. The van der Waals surface area contributed by atoms with Crippen molar-refractivity contribution >= 4 is 15.7 Å². The topological polar surface area (TPSA) is 63.4 Å². The summed E-state index contributed by atoms with van der Waals surface area (Å²) in [4.78, 5) is 0. The summed E-state index contributed by atoms with van der Waals surface area (Å²) in [6.07, 6.45) is 1.90. The molecule has 0 atom stereocenters. The zero-order valence-electron chi connectivity index (χ0n) is 10.7. The number of benzene rings is 1. The standard InChI is InChI=1S/C13H20N2O2S/c1-11-6-8-15(9-7-11)18(16,17)10-12-4-2-3-5-13(12)14/h2-5,11H,6-10,14H2,1H3. The zero-order chi connectivity index (χ0) is 13.2. The maximum atomic E-state index is 12.3. The summed E-state index contributed by atoms with van der Waals surface area (Å²) in [5.74, 6) is 0.631. The minimum absolute atomic E-state index is 0.00799. The van der Waals surface area contributed by atoms with Crippen LogP contribution in [0.4, 0.5) is 5.69 Å². The quantitative estimate of drug-likeness (QED) is 0.851. The molecule has 100 valence electrons. The lowest BCUT2D eigenvalue weighted by molar-refractivity contribution is 0.287. The van der Waals surface area contributed by atoms with E-state index in [2.05, 4.69) is 6.92 Å². The molecule has 0 unspecified atom stereocenters. The van der Waals surface area contributed by atoms with Crippen molar-refractivity contribution in [1.29, 1.82) is 0 Å². The number of nitrogen functional groups attached to an aromatic ring is 1. The Morgan fingerprint density at radius 2 is 1.89 bits per heavy atom. The van der Waals surface area contributed by atoms with E-state index in [9.17, 15) is 8.42 Å². The smallest absolute Gasteiger partial charge is 0.218 e. The number of rotatable bonds is 3. The molecule has 2 rings (SSSR count). The van der Waals surface area contributed by atoms with Gasteiger partial charge in [-0.25, -0.2) is 12.7 Å². The number of para-hydroxylation sites is 1. The fourth-order valence-corrected chi connectivity index (χ4v) is 3.82. The number of sulfonamides is 1. The Kier molecular flexibility index (Phi) is 3.92. The maximum Gasteiger partial charge on any atom is 0.218 e. The van der Waals surface area contributed by atoms with Gasteiger partial charge in [0.1, 0.15) is 0 Å². The van der Waals surface area contributed by atoms with Crippen LogP contribution in [-0.4, -0.2) is 25.8 Å². The molecular weight excluding hydrogens is 248 g/mol. The lowest BCUT2D eigenvalue weighted by Gasteiger charge is -2.29. The Balaban J connectivity index is 2.10. The molecule has 0 bridgehead atoms. The maximum absolute atomic E-state index is 12.3. The van der Waals surface area contributed by atoms with Gasteiger partial charge in [0.25, 0.3) is 0 Å². The minimum atomic E-state index is -3.23. The van der Waals surface area contributed by atoms with Gasteiger partial charge in [-0.05, 0) is 30.4 Å². The highest BCUT2D eigenvalue weighted by Gasteiger charge is 2.26. The average Bonchev–Trinajstić information content (AvgIpc) is 2.32. The minimum Gasteiger partial charge on any atom is -0.398 e. The summed E-state index contributed by atoms with van der Waals surface area (Å²) >= 11 is 0. The molecule has 0 saturated carbocycles. The third-order valence-electron chi connectivity index (χ3n) is 3.53. The lowest BCUT2D eigenvalue weighted by atomic mass is 10.0. The fraction of sp³-hybridized carbons (Fsp3) is 0.538. The van der Waals surface area contributed by atoms with Crippen molar-refractivity contribution in [2.24, 2.45) is 5.92 Å². The fourth-order valence-electron chi connectivity index (χ4n) is 2.22. The van der Waals surface area contributed by atoms with E-state index in [-0.39, 0.29) is 5.75 Å². The lowest BCUT2D eigenvalue weighted by Crippen LogP contribution is -2.38. The second-order valence-corrected chi connectivity index (χ2v) is 7.01. The van der Waals surface area contributed by atoms with E-state index in [4.69, 9.17) is 5.73 Å². The van der Waals surface area contributed by atoms with Crippen LogP contribution < -0.4 is 5.73 Å². The average molecular weight is 268 g/mol. The van der Waals surface area contributed by atoms with Crippen LogP contribution in [-0.2, 0) is 15.8 Å². The molecule has 1 heterocycles. The van der Waals surface area contributed by atoms with Crippen LogP contribution in [0.3, 0.4) is 0 Å². The summed E-state index contributed by atoms with van der Waals surface area (Å²) in [6, 6.07) is 7.15. The van der Waals surface area contributed by atoms with Gasteiger partial charge in [-0.3, -0.25) is 0 Å². The number of hydrogen-bond donors (Lipinski definition) is 1. The number of anilines is 1. The molecule has 0 aromatic heterocycles. The molecule has 0 aliphatic carbocycles. The van der Waals surface area contributed by atoms with Crippen molar-refractivity contribution in [3.63, 3.8) is 0 Å². The highest BCUT2D eigenvalue weighted by molar-refractivity contribution is 7.88. The van der Waals surface area contributed by atoms with Crippen molar-refractivity contribution in [1.82, 2.24) is 4.31 Å². The summed E-state index contributed by atoms with van der Waals surface area (Å²) < 4.78 is 26.2. The molecule has 1 fully saturated rings. The Labute approximate surface area is 109 Å². The molecule has 0 radical (unpaired) electrons. The molecule has 18 heavy (non-hydrogen) atoms. The molecular formula is C13H20N2O2S. The van der Waals surface area contributed by atoms with Gasteiger partial charge in [0.05, 0.1) is 5.75 Å². The van der Waals surface area contributed by atoms with Gasteiger partial charge < -0.3 is 5.73 Å². The molecule has 1 aliphatic rings. The SMILES string of the molecule is CC1CCN(S(=O)(=O)Cc2ccccc2N)CC1. The van der Waals surface area contributed by atoms with E-state index in [0.717, 1.165) is 12.8 Å². The number of piperidine rings is 1. The molecule has 0 amide bonds. The van der Waals surface area contributed by atoms with Crippen molar-refractivity contribution in [2.45, 2.75) is 25.5 Å². The predicted octanol–water partition coefficient (Wildman–Crippen LogP) is 1.83. The summed E-state index contributed by atoms with van der Waals surface area (Å²) in [7, 11) is -3.23. The van der Waals surface area contributed by atoms with Gasteiger partial charge in [0.15, 0.2) is 0 Å². The molecule has 1 saturated heterocycles. The van der Waals surface area contributed by atoms with Crippen LogP contribution in [0.15, 0.2) is 24.3 Å². The third-order valence-corrected chi connectivity index (χ3v) is 5.36. The predicted molar refractivity (Wildman–Crippen MR) is 73.4 cm³/mol. The van der Waals surface area contributed by atoms with E-state index in [1.165, 1.54) is 0 Å². The zero-order valence-corrected chi connectivity index (χ0v) is 11.5. The second-order valence-electron chi connectivity index (χ2n) is 5.04. The second kappa shape index (κ2) is 5.28. The first kappa shape index (κ1) is 13.4. The van der Waals surface area contributed by atoms with Gasteiger partial charge in [-0.15, -0.1) is 0 Å². The van der Waals surface area contributed by atoms with Gasteiger partial charge in [0.2, 0.25) is 10.0 Å². The molecule has 2 N–H and O–H groups in total. The summed E-state index contributed by atoms with van der Waals surface area (Å²) in [6.45, 7) is 3.44. The largest absolute Gasteiger partial charge is 0.398 e.